The molecule has 0 atom stereocenters. The van der Waals surface area contributed by atoms with Gasteiger partial charge >= 0.3 is 0 Å². The van der Waals surface area contributed by atoms with Crippen molar-refractivity contribution in [3.8, 4) is 0 Å². The van der Waals surface area contributed by atoms with Crippen molar-refractivity contribution in [2.45, 2.75) is 26.2 Å². The van der Waals surface area contributed by atoms with Crippen molar-refractivity contribution in [3.05, 3.63) is 194 Å². The molecule has 6 nitrogen and oxygen atoms in total. The summed E-state index contributed by atoms with van der Waals surface area (Å²) in [7, 11) is 0. The predicted molar refractivity (Wildman–Crippen MR) is 261 cm³/mol. The van der Waals surface area contributed by atoms with Crippen LogP contribution in [0.1, 0.15) is 26.3 Å². The number of para-hydroxylation sites is 3. The van der Waals surface area contributed by atoms with Crippen LogP contribution >= 0.6 is 0 Å². The molecule has 7 aromatic carbocycles. The molecule has 310 valence electrons. The van der Waals surface area contributed by atoms with Crippen LogP contribution in [0.5, 0.6) is 0 Å². The van der Waals surface area contributed by atoms with Gasteiger partial charge in [0, 0.05) is 43.9 Å². The Bertz CT molecular complexity index is 4270. The van der Waals surface area contributed by atoms with E-state index >= 15 is 0 Å². The first-order valence-corrected chi connectivity index (χ1v) is 21.4. The van der Waals surface area contributed by atoms with E-state index in [1.807, 2.05) is 12.1 Å². The van der Waals surface area contributed by atoms with Gasteiger partial charge in [-0.3, -0.25) is 0 Å². The summed E-state index contributed by atoms with van der Waals surface area (Å²) < 4.78 is 13.4. The summed E-state index contributed by atoms with van der Waals surface area (Å²) in [6.45, 7) is 6.81. The van der Waals surface area contributed by atoms with Crippen LogP contribution in [-0.2, 0) is 26.5 Å². The van der Waals surface area contributed by atoms with E-state index < -0.39 is 0 Å². The molecule has 6 aromatic heterocycles. The Labute approximate surface area is 381 Å². The third-order valence-electron chi connectivity index (χ3n) is 12.8. The van der Waals surface area contributed by atoms with E-state index in [4.69, 9.17) is 14.4 Å². The molecule has 64 heavy (non-hydrogen) atoms. The normalized spacial score (nSPS) is 12.2. The van der Waals surface area contributed by atoms with Crippen molar-refractivity contribution in [1.82, 2.24) is 23.2 Å². The first-order valence-electron chi connectivity index (χ1n) is 21.4. The number of imidazole rings is 1. The van der Waals surface area contributed by atoms with Gasteiger partial charge in [-0.15, -0.1) is 17.5 Å². The molecule has 0 fully saturated rings. The minimum absolute atomic E-state index is 0. The molecule has 0 aliphatic heterocycles. The zero-order chi connectivity index (χ0) is 42.0. The maximum atomic E-state index is 6.69. The second-order valence-corrected chi connectivity index (χ2v) is 17.5. The molecule has 8 bridgehead atoms. The van der Waals surface area contributed by atoms with Crippen LogP contribution in [0, 0.1) is 12.1 Å². The Balaban J connectivity index is 0.00000433. The quantitative estimate of drug-likeness (QED) is 0.142. The molecule has 0 saturated heterocycles. The molecule has 0 amide bonds. The Hall–Kier alpha value is -7.40. The van der Waals surface area contributed by atoms with Gasteiger partial charge in [0.25, 0.3) is 0 Å². The zero-order valence-corrected chi connectivity index (χ0v) is 37.5. The molecule has 0 unspecified atom stereocenters. The van der Waals surface area contributed by atoms with Crippen molar-refractivity contribution in [2.24, 2.45) is 0 Å². The van der Waals surface area contributed by atoms with E-state index in [-0.39, 0.29) is 26.5 Å². The summed E-state index contributed by atoms with van der Waals surface area (Å²) >= 11 is 0. The van der Waals surface area contributed by atoms with Gasteiger partial charge in [-0.05, 0) is 105 Å². The van der Waals surface area contributed by atoms with Gasteiger partial charge in [0.1, 0.15) is 5.65 Å². The van der Waals surface area contributed by atoms with Crippen molar-refractivity contribution in [3.63, 3.8) is 0 Å². The van der Waals surface area contributed by atoms with Crippen molar-refractivity contribution >= 4 is 115 Å². The third kappa shape index (κ3) is 5.72. The average molecular weight is 1000 g/mol. The van der Waals surface area contributed by atoms with Gasteiger partial charge in [0.05, 0.1) is 5.52 Å². The van der Waals surface area contributed by atoms with Crippen LogP contribution < -0.4 is 0 Å². The summed E-state index contributed by atoms with van der Waals surface area (Å²) in [6.07, 6.45) is 3.97. The van der Waals surface area contributed by atoms with Gasteiger partial charge in [-0.1, -0.05) is 160 Å². The summed E-state index contributed by atoms with van der Waals surface area (Å²) in [4.78, 5) is 10.6. The molecule has 7 heteroatoms. The monoisotopic (exact) mass is 1000 g/mol. The van der Waals surface area contributed by atoms with Crippen LogP contribution in [0.2, 0.25) is 0 Å². The molecule has 0 aliphatic carbocycles. The zero-order valence-electron chi connectivity index (χ0n) is 35.2. The molecule has 6 heterocycles. The summed E-state index contributed by atoms with van der Waals surface area (Å²) in [5.41, 5.74) is 9.47. The van der Waals surface area contributed by atoms with E-state index in [0.29, 0.717) is 16.8 Å². The van der Waals surface area contributed by atoms with Crippen LogP contribution in [0.15, 0.2) is 181 Å². The number of hydrogen-bond donors (Lipinski definition) is 0. The Morgan fingerprint density at radius 2 is 1.05 bits per heavy atom. The average Bonchev–Trinajstić information content (AvgIpc) is 3.87. The number of benzene rings is 7. The van der Waals surface area contributed by atoms with E-state index in [0.717, 1.165) is 87.2 Å². The number of nitrogens with zero attached hydrogens (tertiary/aromatic N) is 5. The van der Waals surface area contributed by atoms with E-state index in [1.54, 1.807) is 6.20 Å². The molecule has 0 saturated carbocycles. The standard InChI is InChI=1S/C57H38N5O.Pt/c1-57(2,3)35-30-49-43-19-9-8-18-42(43)47-22-12-21-46-40-16-6-4-14-38(40)39-15-5-7-17-41(39)48-23-13-25-51-56(48)61(55(46)47)34-60(51)53-33-37(28-29-58-53)63-36-26-27-45-44-20-10-11-24-50(44)62(52(45)32-36)54(31-35)59-49;/h4-31,34H,1-3H3;/q-3;. The Morgan fingerprint density at radius 3 is 1.73 bits per heavy atom. The molecule has 0 spiro atoms. The first kappa shape index (κ1) is 38.3. The summed E-state index contributed by atoms with van der Waals surface area (Å²) in [5.74, 6) is 0. The van der Waals surface area contributed by atoms with Crippen LogP contribution in [0.4, 0.5) is 0 Å². The Morgan fingerprint density at radius 1 is 0.500 bits per heavy atom. The van der Waals surface area contributed by atoms with Gasteiger partial charge in [-0.25, -0.2) is 11.1 Å². The molecular weight excluding hydrogens is 966 g/mol. The second kappa shape index (κ2) is 14.3. The van der Waals surface area contributed by atoms with Gasteiger partial charge in [-0.2, -0.15) is 12.1 Å². The predicted octanol–water partition coefficient (Wildman–Crippen LogP) is 14.6. The molecule has 0 aliphatic rings. The number of aromatic nitrogens is 5. The third-order valence-corrected chi connectivity index (χ3v) is 12.8. The number of pyridine rings is 2. The maximum absolute atomic E-state index is 6.69. The number of fused-ring (bicyclic) bond motifs is 20. The molecule has 0 N–H and O–H groups in total. The Kier molecular flexibility index (Phi) is 8.56. The number of rotatable bonds is 0. The molecular formula is C57H38N5OPt-3. The van der Waals surface area contributed by atoms with Gasteiger partial charge < -0.3 is 22.6 Å². The van der Waals surface area contributed by atoms with Crippen LogP contribution in [0.25, 0.3) is 115 Å². The van der Waals surface area contributed by atoms with Gasteiger partial charge in [0.15, 0.2) is 0 Å². The van der Waals surface area contributed by atoms with Crippen LogP contribution in [-0.4, -0.2) is 23.2 Å². The van der Waals surface area contributed by atoms with E-state index in [9.17, 15) is 0 Å². The fourth-order valence-corrected chi connectivity index (χ4v) is 9.89. The minimum atomic E-state index is -0.183. The SMILES string of the molecule is CC(C)(C)c1cc2nc(c1)n1c3[c-]c(ccc3c3ccccc31)oc1[c-]c(ncc1)n1[cH-]n3c4c(cccc4c4ccccc4c4ccccc4c4cccc1c43)c1ccccc21.[Pt]. The maximum Gasteiger partial charge on any atom is 0.136 e. The smallest absolute Gasteiger partial charge is 0.136 e. The molecule has 0 radical (unpaired) electrons. The van der Waals surface area contributed by atoms with Gasteiger partial charge in [0.2, 0.25) is 0 Å². The van der Waals surface area contributed by atoms with Crippen LogP contribution in [0.3, 0.4) is 0 Å². The molecule has 13 aromatic rings. The van der Waals surface area contributed by atoms with Crippen molar-refractivity contribution in [1.29, 1.82) is 0 Å². The fourth-order valence-electron chi connectivity index (χ4n) is 9.89. The molecule has 13 rings (SSSR count). The van der Waals surface area contributed by atoms with Crippen molar-refractivity contribution < 1.29 is 25.5 Å². The summed E-state index contributed by atoms with van der Waals surface area (Å²) in [6, 6.07) is 65.9. The largest absolute Gasteiger partial charge is 0.522 e. The topological polar surface area (TPSA) is 52.1 Å². The van der Waals surface area contributed by atoms with E-state index in [2.05, 4.69) is 204 Å². The second-order valence-electron chi connectivity index (χ2n) is 17.5. The fraction of sp³-hybridized carbons (Fsp3) is 0.0702. The minimum Gasteiger partial charge on any atom is -0.522 e. The first-order chi connectivity index (χ1) is 30.9. The van der Waals surface area contributed by atoms with Crippen molar-refractivity contribution in [2.75, 3.05) is 0 Å². The van der Waals surface area contributed by atoms with E-state index in [1.165, 1.54) is 16.3 Å². The number of hydrogen-bond acceptors (Lipinski definition) is 3. The summed E-state index contributed by atoms with van der Waals surface area (Å²) in [5, 5.41) is 12.3.